The molecule has 1 aromatic carbocycles. The van der Waals surface area contributed by atoms with Crippen LogP contribution in [0, 0.1) is 11.7 Å². The van der Waals surface area contributed by atoms with E-state index < -0.39 is 0 Å². The number of aromatic nitrogens is 2. The number of hydrogen-bond donors (Lipinski definition) is 1. The zero-order valence-electron chi connectivity index (χ0n) is 11.9. The number of nitrogens with zero attached hydrogens (tertiary/aromatic N) is 3. The molecule has 5 nitrogen and oxygen atoms in total. The number of rotatable bonds is 5. The Morgan fingerprint density at radius 2 is 2.05 bits per heavy atom. The summed E-state index contributed by atoms with van der Waals surface area (Å²) < 4.78 is 18.1. The van der Waals surface area contributed by atoms with Crippen LogP contribution in [0.2, 0.25) is 0 Å². The molecule has 1 aromatic heterocycles. The first-order valence-electron chi connectivity index (χ1n) is 7.05. The summed E-state index contributed by atoms with van der Waals surface area (Å²) in [5, 5.41) is 13.2. The third kappa shape index (κ3) is 3.46. The van der Waals surface area contributed by atoms with Gasteiger partial charge in [-0.3, -0.25) is 4.90 Å². The van der Waals surface area contributed by atoms with Gasteiger partial charge < -0.3 is 9.63 Å². The molecule has 1 fully saturated rings. The molecule has 1 aliphatic rings. The summed E-state index contributed by atoms with van der Waals surface area (Å²) in [6, 6.07) is 5.97. The highest BCUT2D eigenvalue weighted by Gasteiger charge is 2.28. The van der Waals surface area contributed by atoms with Crippen LogP contribution in [0.4, 0.5) is 4.39 Å². The predicted molar refractivity (Wildman–Crippen MR) is 74.8 cm³/mol. The lowest BCUT2D eigenvalue weighted by Gasteiger charge is -2.34. The van der Waals surface area contributed by atoms with Crippen LogP contribution in [0.5, 0.6) is 0 Å². The topological polar surface area (TPSA) is 62.4 Å². The minimum atomic E-state index is -0.291. The SMILES string of the molecule is CN(Cc1noc(-c2ccc(F)cc2)n1)CC1CC(O)C1. The van der Waals surface area contributed by atoms with Crippen molar-refractivity contribution in [3.05, 3.63) is 35.9 Å². The van der Waals surface area contributed by atoms with Crippen LogP contribution >= 0.6 is 0 Å². The number of aliphatic hydroxyl groups excluding tert-OH is 1. The molecule has 0 bridgehead atoms. The van der Waals surface area contributed by atoms with Crippen molar-refractivity contribution in [1.29, 1.82) is 0 Å². The van der Waals surface area contributed by atoms with Gasteiger partial charge in [0.25, 0.3) is 5.89 Å². The Morgan fingerprint density at radius 1 is 1.33 bits per heavy atom. The second kappa shape index (κ2) is 5.91. The van der Waals surface area contributed by atoms with Crippen LogP contribution in [0.1, 0.15) is 18.7 Å². The van der Waals surface area contributed by atoms with E-state index in [1.165, 1.54) is 12.1 Å². The summed E-state index contributed by atoms with van der Waals surface area (Å²) in [4.78, 5) is 6.45. The quantitative estimate of drug-likeness (QED) is 0.914. The van der Waals surface area contributed by atoms with Gasteiger partial charge in [0, 0.05) is 12.1 Å². The molecule has 0 aliphatic heterocycles. The van der Waals surface area contributed by atoms with Crippen molar-refractivity contribution in [2.75, 3.05) is 13.6 Å². The van der Waals surface area contributed by atoms with Crippen molar-refractivity contribution in [2.24, 2.45) is 5.92 Å². The van der Waals surface area contributed by atoms with Gasteiger partial charge >= 0.3 is 0 Å². The molecule has 1 aliphatic carbocycles. The van der Waals surface area contributed by atoms with E-state index >= 15 is 0 Å². The van der Waals surface area contributed by atoms with Crippen molar-refractivity contribution in [3.8, 4) is 11.5 Å². The Kier molecular flexibility index (Phi) is 3.98. The molecule has 0 spiro atoms. The fraction of sp³-hybridized carbons (Fsp3) is 0.467. The van der Waals surface area contributed by atoms with Gasteiger partial charge in [0.15, 0.2) is 5.82 Å². The largest absolute Gasteiger partial charge is 0.393 e. The summed E-state index contributed by atoms with van der Waals surface area (Å²) in [5.41, 5.74) is 0.708. The van der Waals surface area contributed by atoms with Gasteiger partial charge in [0.2, 0.25) is 0 Å². The third-order valence-corrected chi connectivity index (χ3v) is 3.75. The molecule has 6 heteroatoms. The Hall–Kier alpha value is -1.79. The molecule has 0 radical (unpaired) electrons. The fourth-order valence-corrected chi connectivity index (χ4v) is 2.62. The van der Waals surface area contributed by atoms with Crippen LogP contribution in [0.15, 0.2) is 28.8 Å². The van der Waals surface area contributed by atoms with Gasteiger partial charge in [-0.2, -0.15) is 4.98 Å². The van der Waals surface area contributed by atoms with E-state index in [1.807, 2.05) is 7.05 Å². The van der Waals surface area contributed by atoms with Gasteiger partial charge in [-0.15, -0.1) is 0 Å². The Bertz CT molecular complexity index is 593. The lowest BCUT2D eigenvalue weighted by Crippen LogP contribution is -2.36. The molecule has 1 heterocycles. The van der Waals surface area contributed by atoms with E-state index in [0.29, 0.717) is 29.7 Å². The third-order valence-electron chi connectivity index (χ3n) is 3.75. The summed E-state index contributed by atoms with van der Waals surface area (Å²) in [7, 11) is 2.00. The molecule has 0 atom stereocenters. The minimum absolute atomic E-state index is 0.126. The zero-order valence-corrected chi connectivity index (χ0v) is 11.9. The van der Waals surface area contributed by atoms with E-state index in [-0.39, 0.29) is 11.9 Å². The lowest BCUT2D eigenvalue weighted by molar-refractivity contribution is 0.0270. The predicted octanol–water partition coefficient (Wildman–Crippen LogP) is 2.08. The lowest BCUT2D eigenvalue weighted by atomic mass is 9.82. The molecule has 0 saturated heterocycles. The highest BCUT2D eigenvalue weighted by atomic mass is 19.1. The first kappa shape index (κ1) is 14.2. The summed E-state index contributed by atoms with van der Waals surface area (Å²) >= 11 is 0. The minimum Gasteiger partial charge on any atom is -0.393 e. The number of aliphatic hydroxyl groups is 1. The van der Waals surface area contributed by atoms with E-state index in [9.17, 15) is 9.50 Å². The van der Waals surface area contributed by atoms with E-state index in [2.05, 4.69) is 15.0 Å². The molecule has 0 unspecified atom stereocenters. The van der Waals surface area contributed by atoms with Crippen molar-refractivity contribution < 1.29 is 14.0 Å². The summed E-state index contributed by atoms with van der Waals surface area (Å²) in [6.07, 6.45) is 1.62. The second-order valence-corrected chi connectivity index (χ2v) is 5.71. The van der Waals surface area contributed by atoms with Gasteiger partial charge in [0.1, 0.15) is 5.82 Å². The van der Waals surface area contributed by atoms with E-state index in [1.54, 1.807) is 12.1 Å². The molecule has 2 aromatic rings. The Morgan fingerprint density at radius 3 is 2.71 bits per heavy atom. The van der Waals surface area contributed by atoms with Gasteiger partial charge in [-0.1, -0.05) is 5.16 Å². The van der Waals surface area contributed by atoms with E-state index in [0.717, 1.165) is 19.4 Å². The van der Waals surface area contributed by atoms with Crippen molar-refractivity contribution in [3.63, 3.8) is 0 Å². The number of hydrogen-bond acceptors (Lipinski definition) is 5. The van der Waals surface area contributed by atoms with Crippen LogP contribution in [-0.4, -0.2) is 39.8 Å². The standard InChI is InChI=1S/C15H18FN3O2/c1-19(8-10-6-13(20)7-10)9-14-17-15(21-18-14)11-2-4-12(16)5-3-11/h2-5,10,13,20H,6-9H2,1H3. The van der Waals surface area contributed by atoms with Gasteiger partial charge in [-0.25, -0.2) is 4.39 Å². The molecular weight excluding hydrogens is 273 g/mol. The van der Waals surface area contributed by atoms with Crippen molar-refractivity contribution in [1.82, 2.24) is 15.0 Å². The number of benzene rings is 1. The summed E-state index contributed by atoms with van der Waals surface area (Å²) in [5.74, 6) is 1.27. The average molecular weight is 291 g/mol. The first-order valence-corrected chi connectivity index (χ1v) is 7.05. The van der Waals surface area contributed by atoms with Crippen LogP contribution in [0.3, 0.4) is 0 Å². The molecule has 1 N–H and O–H groups in total. The molecular formula is C15H18FN3O2. The summed E-state index contributed by atoms with van der Waals surface area (Å²) in [6.45, 7) is 1.51. The normalized spacial score (nSPS) is 21.5. The number of halogens is 1. The van der Waals surface area contributed by atoms with Crippen molar-refractivity contribution in [2.45, 2.75) is 25.5 Å². The fourth-order valence-electron chi connectivity index (χ4n) is 2.62. The Balaban J connectivity index is 1.58. The second-order valence-electron chi connectivity index (χ2n) is 5.71. The van der Waals surface area contributed by atoms with Gasteiger partial charge in [-0.05, 0) is 50.1 Å². The van der Waals surface area contributed by atoms with Crippen molar-refractivity contribution >= 4 is 0 Å². The van der Waals surface area contributed by atoms with E-state index in [4.69, 9.17) is 4.52 Å². The monoisotopic (exact) mass is 291 g/mol. The average Bonchev–Trinajstić information content (AvgIpc) is 2.86. The highest BCUT2D eigenvalue weighted by molar-refractivity contribution is 5.52. The molecule has 3 rings (SSSR count). The van der Waals surface area contributed by atoms with Crippen LogP contribution < -0.4 is 0 Å². The molecule has 1 saturated carbocycles. The smallest absolute Gasteiger partial charge is 0.257 e. The maximum absolute atomic E-state index is 12.9. The Labute approximate surface area is 122 Å². The maximum Gasteiger partial charge on any atom is 0.257 e. The zero-order chi connectivity index (χ0) is 14.8. The van der Waals surface area contributed by atoms with Crippen LogP contribution in [-0.2, 0) is 6.54 Å². The maximum atomic E-state index is 12.9. The molecule has 112 valence electrons. The molecule has 0 amide bonds. The highest BCUT2D eigenvalue weighted by Crippen LogP contribution is 2.27. The van der Waals surface area contributed by atoms with Crippen LogP contribution in [0.25, 0.3) is 11.5 Å². The molecule has 21 heavy (non-hydrogen) atoms. The first-order chi connectivity index (χ1) is 10.1. The van der Waals surface area contributed by atoms with Gasteiger partial charge in [0.05, 0.1) is 12.6 Å².